The van der Waals surface area contributed by atoms with Gasteiger partial charge in [-0.1, -0.05) is 0 Å². The molecule has 3 rings (SSSR count). The molecule has 1 saturated heterocycles. The summed E-state index contributed by atoms with van der Waals surface area (Å²) in [6.45, 7) is 5.03. The Balaban J connectivity index is 1.88. The lowest BCUT2D eigenvalue weighted by atomic mass is 10.1. The Hall–Kier alpha value is -3.08. The van der Waals surface area contributed by atoms with Gasteiger partial charge in [0.25, 0.3) is 0 Å². The molecular formula is C18H22N6O2. The summed E-state index contributed by atoms with van der Waals surface area (Å²) < 4.78 is 0. The van der Waals surface area contributed by atoms with Crippen LogP contribution in [0, 0.1) is 11.3 Å². The molecule has 2 aromatic rings. The number of fused-ring (bicyclic) bond motifs is 1. The number of nitrogens with one attached hydrogen (secondary N) is 2. The number of nitriles is 1. The summed E-state index contributed by atoms with van der Waals surface area (Å²) in [7, 11) is 0. The van der Waals surface area contributed by atoms with Gasteiger partial charge in [-0.2, -0.15) is 5.26 Å². The smallest absolute Gasteiger partial charge is 0.407 e. The van der Waals surface area contributed by atoms with Crippen molar-refractivity contribution >= 4 is 28.5 Å². The van der Waals surface area contributed by atoms with E-state index in [4.69, 9.17) is 0 Å². The minimum atomic E-state index is -0.889. The van der Waals surface area contributed by atoms with Crippen molar-refractivity contribution in [2.45, 2.75) is 38.8 Å². The number of hydrogen-bond acceptors (Lipinski definition) is 6. The predicted octanol–water partition coefficient (Wildman–Crippen LogP) is 2.88. The van der Waals surface area contributed by atoms with Crippen molar-refractivity contribution in [1.82, 2.24) is 14.9 Å². The molecule has 3 N–H and O–H groups in total. The van der Waals surface area contributed by atoms with Crippen LogP contribution in [0.3, 0.4) is 0 Å². The summed E-state index contributed by atoms with van der Waals surface area (Å²) in [6.07, 6.45) is 2.54. The molecule has 0 spiro atoms. The van der Waals surface area contributed by atoms with Crippen molar-refractivity contribution in [2.24, 2.45) is 0 Å². The average molecular weight is 354 g/mol. The van der Waals surface area contributed by atoms with Gasteiger partial charge in [-0.25, -0.2) is 14.8 Å². The van der Waals surface area contributed by atoms with Crippen LogP contribution in [0.15, 0.2) is 18.3 Å². The number of carboxylic acid groups (broad SMARTS) is 1. The molecule has 0 saturated carbocycles. The molecule has 0 bridgehead atoms. The van der Waals surface area contributed by atoms with Crippen molar-refractivity contribution in [1.29, 1.82) is 5.26 Å². The minimum Gasteiger partial charge on any atom is -0.465 e. The van der Waals surface area contributed by atoms with Gasteiger partial charge in [0.1, 0.15) is 23.4 Å². The monoisotopic (exact) mass is 354 g/mol. The summed E-state index contributed by atoms with van der Waals surface area (Å²) in [5, 5.41) is 26.7. The SMILES string of the molecule is CC(C)Nc1nc(C#N)cc2cnc(N[C@@H]3CCCN(C(=O)O)C3)cc12. The van der Waals surface area contributed by atoms with Gasteiger partial charge in [-0.15, -0.1) is 0 Å². The van der Waals surface area contributed by atoms with Crippen LogP contribution in [0.5, 0.6) is 0 Å². The molecule has 8 heteroatoms. The Bertz CT molecular complexity index is 861. The van der Waals surface area contributed by atoms with E-state index in [0.717, 1.165) is 23.6 Å². The Morgan fingerprint density at radius 1 is 1.46 bits per heavy atom. The fourth-order valence-electron chi connectivity index (χ4n) is 3.14. The Morgan fingerprint density at radius 2 is 2.27 bits per heavy atom. The standard InChI is InChI=1S/C18H22N6O2/c1-11(2)21-17-15-7-16(20-9-12(15)6-14(8-19)23-17)22-13-4-3-5-24(10-13)18(25)26/h6-7,9,11,13H,3-5,10H2,1-2H3,(H,20,22)(H,21,23)(H,25,26)/t13-/m1/s1. The third-order valence-electron chi connectivity index (χ3n) is 4.30. The Morgan fingerprint density at radius 3 is 2.96 bits per heavy atom. The second-order valence-electron chi connectivity index (χ2n) is 6.77. The van der Waals surface area contributed by atoms with Gasteiger partial charge in [-0.05, 0) is 38.8 Å². The number of likely N-dealkylation sites (tertiary alicyclic amines) is 1. The third-order valence-corrected chi connectivity index (χ3v) is 4.30. The maximum atomic E-state index is 11.2. The van der Waals surface area contributed by atoms with Gasteiger partial charge in [0, 0.05) is 42.1 Å². The van der Waals surface area contributed by atoms with Gasteiger partial charge in [-0.3, -0.25) is 0 Å². The molecular weight excluding hydrogens is 332 g/mol. The normalized spacial score (nSPS) is 17.2. The first kappa shape index (κ1) is 17.7. The van der Waals surface area contributed by atoms with Crippen molar-refractivity contribution in [3.63, 3.8) is 0 Å². The maximum absolute atomic E-state index is 11.2. The van der Waals surface area contributed by atoms with E-state index in [1.54, 1.807) is 12.3 Å². The van der Waals surface area contributed by atoms with E-state index >= 15 is 0 Å². The van der Waals surface area contributed by atoms with Gasteiger partial charge in [0.15, 0.2) is 0 Å². The number of amides is 1. The van der Waals surface area contributed by atoms with Crippen molar-refractivity contribution in [3.05, 3.63) is 24.0 Å². The van der Waals surface area contributed by atoms with Crippen LogP contribution in [0.4, 0.5) is 16.4 Å². The zero-order valence-corrected chi connectivity index (χ0v) is 14.9. The van der Waals surface area contributed by atoms with Crippen LogP contribution in [0.2, 0.25) is 0 Å². The summed E-state index contributed by atoms with van der Waals surface area (Å²) in [5.74, 6) is 1.32. The third kappa shape index (κ3) is 3.94. The highest BCUT2D eigenvalue weighted by atomic mass is 16.4. The molecule has 2 aromatic heterocycles. The van der Waals surface area contributed by atoms with Crippen LogP contribution in [0.25, 0.3) is 10.8 Å². The van der Waals surface area contributed by atoms with E-state index in [2.05, 4.69) is 26.7 Å². The van der Waals surface area contributed by atoms with Gasteiger partial charge >= 0.3 is 6.09 Å². The van der Waals surface area contributed by atoms with Gasteiger partial charge in [0.2, 0.25) is 0 Å². The molecule has 1 aliphatic rings. The highest BCUT2D eigenvalue weighted by Crippen LogP contribution is 2.26. The van der Waals surface area contributed by atoms with Crippen LogP contribution in [-0.4, -0.2) is 51.2 Å². The zero-order chi connectivity index (χ0) is 18.7. The lowest BCUT2D eigenvalue weighted by Crippen LogP contribution is -2.44. The largest absolute Gasteiger partial charge is 0.465 e. The molecule has 1 amide bonds. The van der Waals surface area contributed by atoms with Crippen molar-refractivity contribution in [2.75, 3.05) is 23.7 Å². The lowest BCUT2D eigenvalue weighted by molar-refractivity contribution is 0.133. The van der Waals surface area contributed by atoms with E-state index in [1.807, 2.05) is 19.9 Å². The number of aromatic nitrogens is 2. The fourth-order valence-corrected chi connectivity index (χ4v) is 3.14. The van der Waals surface area contributed by atoms with Crippen LogP contribution in [-0.2, 0) is 0 Å². The highest BCUT2D eigenvalue weighted by molar-refractivity contribution is 5.93. The lowest BCUT2D eigenvalue weighted by Gasteiger charge is -2.31. The number of hydrogen-bond donors (Lipinski definition) is 3. The highest BCUT2D eigenvalue weighted by Gasteiger charge is 2.23. The molecule has 136 valence electrons. The number of carbonyl (C=O) groups is 1. The number of anilines is 2. The van der Waals surface area contributed by atoms with Gasteiger partial charge in [0.05, 0.1) is 0 Å². The molecule has 0 radical (unpaired) electrons. The van der Waals surface area contributed by atoms with E-state index < -0.39 is 6.09 Å². The molecule has 1 aliphatic heterocycles. The molecule has 8 nitrogen and oxygen atoms in total. The summed E-state index contributed by atoms with van der Waals surface area (Å²) in [6, 6.07) is 5.88. The topological polar surface area (TPSA) is 114 Å². The van der Waals surface area contributed by atoms with Crippen LogP contribution >= 0.6 is 0 Å². The first-order valence-electron chi connectivity index (χ1n) is 8.68. The molecule has 0 aromatic carbocycles. The molecule has 0 unspecified atom stereocenters. The Kier molecular flexibility index (Phi) is 5.07. The number of rotatable bonds is 4. The molecule has 0 aliphatic carbocycles. The van der Waals surface area contributed by atoms with Crippen molar-refractivity contribution in [3.8, 4) is 6.07 Å². The molecule has 1 fully saturated rings. The maximum Gasteiger partial charge on any atom is 0.407 e. The minimum absolute atomic E-state index is 0.0256. The van der Waals surface area contributed by atoms with Crippen LogP contribution in [0.1, 0.15) is 32.4 Å². The van der Waals surface area contributed by atoms with E-state index in [0.29, 0.717) is 30.4 Å². The summed E-state index contributed by atoms with van der Waals surface area (Å²) >= 11 is 0. The quantitative estimate of drug-likeness (QED) is 0.773. The first-order valence-corrected chi connectivity index (χ1v) is 8.68. The van der Waals surface area contributed by atoms with E-state index in [9.17, 15) is 15.2 Å². The second kappa shape index (κ2) is 7.44. The molecule has 1 atom stereocenters. The molecule has 3 heterocycles. The van der Waals surface area contributed by atoms with E-state index in [-0.39, 0.29) is 12.1 Å². The Labute approximate surface area is 151 Å². The summed E-state index contributed by atoms with van der Waals surface area (Å²) in [5.41, 5.74) is 0.340. The summed E-state index contributed by atoms with van der Waals surface area (Å²) in [4.78, 5) is 21.4. The van der Waals surface area contributed by atoms with Crippen LogP contribution < -0.4 is 10.6 Å². The van der Waals surface area contributed by atoms with E-state index in [1.165, 1.54) is 4.90 Å². The second-order valence-corrected chi connectivity index (χ2v) is 6.77. The van der Waals surface area contributed by atoms with Gasteiger partial charge < -0.3 is 20.6 Å². The zero-order valence-electron chi connectivity index (χ0n) is 14.9. The number of nitrogens with zero attached hydrogens (tertiary/aromatic N) is 4. The fraction of sp³-hybridized carbons (Fsp3) is 0.444. The first-order chi connectivity index (χ1) is 12.5. The predicted molar refractivity (Wildman–Crippen MR) is 99.3 cm³/mol. The number of pyridine rings is 2. The number of piperidine rings is 1. The average Bonchev–Trinajstić information content (AvgIpc) is 2.61. The van der Waals surface area contributed by atoms with Crippen molar-refractivity contribution < 1.29 is 9.90 Å². The molecule has 26 heavy (non-hydrogen) atoms.